The molecule has 0 atom stereocenters. The quantitative estimate of drug-likeness (QED) is 0.529. The summed E-state index contributed by atoms with van der Waals surface area (Å²) in [5, 5.41) is 3.62. The van der Waals surface area contributed by atoms with Gasteiger partial charge in [-0.3, -0.25) is 4.79 Å². The number of thiol groups is 1. The number of hydrogen-bond acceptors (Lipinski definition) is 3. The van der Waals surface area contributed by atoms with Crippen LogP contribution in [0.5, 0.6) is 0 Å². The van der Waals surface area contributed by atoms with Crippen molar-refractivity contribution in [3.63, 3.8) is 0 Å². The van der Waals surface area contributed by atoms with Crippen molar-refractivity contribution in [1.82, 2.24) is 9.19 Å². The van der Waals surface area contributed by atoms with E-state index in [4.69, 9.17) is 5.73 Å². The van der Waals surface area contributed by atoms with E-state index in [0.29, 0.717) is 5.69 Å². The van der Waals surface area contributed by atoms with E-state index in [9.17, 15) is 4.79 Å². The van der Waals surface area contributed by atoms with Crippen LogP contribution >= 0.6 is 12.8 Å². The van der Waals surface area contributed by atoms with Crippen molar-refractivity contribution in [1.29, 1.82) is 0 Å². The maximum Gasteiger partial charge on any atom is 0.268 e. The molecule has 0 aromatic carbocycles. The number of hydrogen-bond donors (Lipinski definition) is 2. The minimum Gasteiger partial charge on any atom is -0.364 e. The van der Waals surface area contributed by atoms with E-state index < -0.39 is 5.91 Å². The summed E-state index contributed by atoms with van der Waals surface area (Å²) in [4.78, 5) is 10.4. The van der Waals surface area contributed by atoms with Gasteiger partial charge in [-0.2, -0.15) is 5.10 Å². The van der Waals surface area contributed by atoms with Gasteiger partial charge in [0.1, 0.15) is 5.69 Å². The van der Waals surface area contributed by atoms with E-state index >= 15 is 0 Å². The van der Waals surface area contributed by atoms with Gasteiger partial charge in [0.25, 0.3) is 5.91 Å². The van der Waals surface area contributed by atoms with Crippen LogP contribution in [0.4, 0.5) is 0 Å². The number of aromatic nitrogens is 2. The molecule has 0 aliphatic carbocycles. The summed E-state index contributed by atoms with van der Waals surface area (Å²) in [7, 11) is 0. The summed E-state index contributed by atoms with van der Waals surface area (Å²) < 4.78 is 1.13. The third-order valence-electron chi connectivity index (χ3n) is 0.876. The van der Waals surface area contributed by atoms with Gasteiger partial charge < -0.3 is 5.73 Å². The highest BCUT2D eigenvalue weighted by atomic mass is 32.1. The second-order valence-corrected chi connectivity index (χ2v) is 1.85. The van der Waals surface area contributed by atoms with Crippen LogP contribution < -0.4 is 5.73 Å². The topological polar surface area (TPSA) is 60.9 Å². The molecule has 2 N–H and O–H groups in total. The Bertz CT molecular complexity index is 231. The van der Waals surface area contributed by atoms with Gasteiger partial charge in [-0.1, -0.05) is 0 Å². The summed E-state index contributed by atoms with van der Waals surface area (Å²) >= 11 is 3.79. The Labute approximate surface area is 57.2 Å². The molecule has 0 saturated carbocycles. The molecule has 5 heteroatoms. The van der Waals surface area contributed by atoms with E-state index in [1.807, 2.05) is 0 Å². The highest BCUT2D eigenvalue weighted by Crippen LogP contribution is 1.96. The van der Waals surface area contributed by atoms with Gasteiger partial charge >= 0.3 is 0 Å². The fourth-order valence-corrected chi connectivity index (χ4v) is 0.701. The normalized spacial score (nSPS) is 9.44. The van der Waals surface area contributed by atoms with Gasteiger partial charge in [0, 0.05) is 0 Å². The Kier molecular flexibility index (Phi) is 1.44. The lowest BCUT2D eigenvalue weighted by molar-refractivity contribution is 0.0994. The zero-order valence-corrected chi connectivity index (χ0v) is 5.38. The number of nitrogens with two attached hydrogens (primary N) is 1. The smallest absolute Gasteiger partial charge is 0.268 e. The van der Waals surface area contributed by atoms with E-state index in [1.165, 1.54) is 12.3 Å². The van der Waals surface area contributed by atoms with Gasteiger partial charge in [-0.25, -0.2) is 4.09 Å². The molecule has 9 heavy (non-hydrogen) atoms. The summed E-state index contributed by atoms with van der Waals surface area (Å²) in [6, 6.07) is 1.50. The van der Waals surface area contributed by atoms with Gasteiger partial charge in [-0.05, 0) is 18.9 Å². The Hall–Kier alpha value is -0.970. The number of carbonyl (C=O) groups excluding carboxylic acids is 1. The lowest BCUT2D eigenvalue weighted by Crippen LogP contribution is -2.13. The molecule has 0 aliphatic heterocycles. The first-order valence-electron chi connectivity index (χ1n) is 2.25. The number of nitrogens with zero attached hydrogens (tertiary/aromatic N) is 2. The fourth-order valence-electron chi connectivity index (χ4n) is 0.477. The van der Waals surface area contributed by atoms with Gasteiger partial charge in [-0.15, -0.1) is 0 Å². The fraction of sp³-hybridized carbons (Fsp3) is 0. The van der Waals surface area contributed by atoms with Crippen molar-refractivity contribution in [3.05, 3.63) is 18.0 Å². The van der Waals surface area contributed by atoms with Gasteiger partial charge in [0.05, 0.1) is 6.20 Å². The van der Waals surface area contributed by atoms with Gasteiger partial charge in [0.2, 0.25) is 0 Å². The monoisotopic (exact) mass is 143 g/mol. The average molecular weight is 143 g/mol. The summed E-state index contributed by atoms with van der Waals surface area (Å²) in [5.74, 6) is -0.525. The number of primary amides is 1. The molecule has 0 spiro atoms. The maximum atomic E-state index is 10.4. The molecule has 4 nitrogen and oxygen atoms in total. The van der Waals surface area contributed by atoms with Crippen LogP contribution in [-0.4, -0.2) is 15.1 Å². The molecule has 48 valence electrons. The SMILES string of the molecule is NC(=O)c1ccnn1S. The van der Waals surface area contributed by atoms with Crippen LogP contribution in [0, 0.1) is 0 Å². The molecule has 0 saturated heterocycles. The predicted octanol–water partition coefficient (Wildman–Crippen LogP) is -0.325. The van der Waals surface area contributed by atoms with Crippen molar-refractivity contribution >= 4 is 18.7 Å². The Morgan fingerprint density at radius 2 is 2.56 bits per heavy atom. The van der Waals surface area contributed by atoms with Crippen molar-refractivity contribution in [2.24, 2.45) is 5.73 Å². The molecular weight excluding hydrogens is 138 g/mol. The second-order valence-electron chi connectivity index (χ2n) is 1.47. The molecule has 0 fully saturated rings. The van der Waals surface area contributed by atoms with E-state index in [2.05, 4.69) is 17.9 Å². The molecular formula is C4H5N3OS. The Morgan fingerprint density at radius 1 is 1.89 bits per heavy atom. The molecule has 0 unspecified atom stereocenters. The molecule has 0 bridgehead atoms. The lowest BCUT2D eigenvalue weighted by atomic mass is 10.4. The Morgan fingerprint density at radius 3 is 2.78 bits per heavy atom. The highest BCUT2D eigenvalue weighted by Gasteiger charge is 2.03. The van der Waals surface area contributed by atoms with Crippen molar-refractivity contribution < 1.29 is 4.79 Å². The summed E-state index contributed by atoms with van der Waals surface area (Å²) in [6.45, 7) is 0. The van der Waals surface area contributed by atoms with Crippen molar-refractivity contribution in [2.45, 2.75) is 0 Å². The maximum absolute atomic E-state index is 10.4. The Balaban J connectivity index is 3.08. The first-order chi connectivity index (χ1) is 4.22. The van der Waals surface area contributed by atoms with E-state index in [0.717, 1.165) is 4.09 Å². The van der Waals surface area contributed by atoms with Crippen LogP contribution in [-0.2, 0) is 0 Å². The van der Waals surface area contributed by atoms with E-state index in [-0.39, 0.29) is 0 Å². The zero-order chi connectivity index (χ0) is 6.85. The van der Waals surface area contributed by atoms with Crippen LogP contribution in [0.3, 0.4) is 0 Å². The second kappa shape index (κ2) is 2.10. The zero-order valence-electron chi connectivity index (χ0n) is 4.48. The standard InChI is InChI=1S/C4H5N3OS/c5-4(8)3-1-2-6-7(3)9/h1-2,9H,(H2,5,8). The molecule has 1 amide bonds. The summed E-state index contributed by atoms with van der Waals surface area (Å²) in [5.41, 5.74) is 5.20. The first kappa shape index (κ1) is 6.15. The molecule has 1 rings (SSSR count). The lowest BCUT2D eigenvalue weighted by Gasteiger charge is -1.90. The van der Waals surface area contributed by atoms with Crippen LogP contribution in [0.15, 0.2) is 12.3 Å². The number of carbonyl (C=O) groups is 1. The van der Waals surface area contributed by atoms with Crippen LogP contribution in [0.25, 0.3) is 0 Å². The third kappa shape index (κ3) is 1.05. The van der Waals surface area contributed by atoms with Crippen LogP contribution in [0.1, 0.15) is 10.5 Å². The molecule has 1 aromatic rings. The third-order valence-corrected chi connectivity index (χ3v) is 1.20. The highest BCUT2D eigenvalue weighted by molar-refractivity contribution is 7.78. The minimum absolute atomic E-state index is 0.290. The molecule has 1 heterocycles. The minimum atomic E-state index is -0.525. The average Bonchev–Trinajstić information content (AvgIpc) is 2.13. The summed E-state index contributed by atoms with van der Waals surface area (Å²) in [6.07, 6.45) is 1.45. The number of rotatable bonds is 1. The largest absolute Gasteiger partial charge is 0.364 e. The van der Waals surface area contributed by atoms with Crippen LogP contribution in [0.2, 0.25) is 0 Å². The molecule has 0 radical (unpaired) electrons. The van der Waals surface area contributed by atoms with Crippen molar-refractivity contribution in [3.8, 4) is 0 Å². The number of amides is 1. The van der Waals surface area contributed by atoms with E-state index in [1.54, 1.807) is 0 Å². The predicted molar refractivity (Wildman–Crippen MR) is 35.1 cm³/mol. The van der Waals surface area contributed by atoms with Crippen molar-refractivity contribution in [2.75, 3.05) is 0 Å². The van der Waals surface area contributed by atoms with Gasteiger partial charge in [0.15, 0.2) is 0 Å². The first-order valence-corrected chi connectivity index (χ1v) is 2.65. The molecule has 0 aliphatic rings. The molecule has 1 aromatic heterocycles.